The zero-order valence-electron chi connectivity index (χ0n) is 16.7. The zero-order chi connectivity index (χ0) is 20.3. The van der Waals surface area contributed by atoms with Gasteiger partial charge in [0.2, 0.25) is 0 Å². The fourth-order valence-electron chi connectivity index (χ4n) is 3.00. The van der Waals surface area contributed by atoms with Gasteiger partial charge in [0.05, 0.1) is 35.9 Å². The van der Waals surface area contributed by atoms with Crippen LogP contribution in [0.25, 0.3) is 5.70 Å². The van der Waals surface area contributed by atoms with Gasteiger partial charge >= 0.3 is 0 Å². The number of allylic oxidation sites excluding steroid dienone is 1. The van der Waals surface area contributed by atoms with Crippen molar-refractivity contribution < 1.29 is 9.53 Å². The Morgan fingerprint density at radius 1 is 1.36 bits per heavy atom. The first-order valence-electron chi connectivity index (χ1n) is 9.32. The van der Waals surface area contributed by atoms with Crippen LogP contribution in [0.1, 0.15) is 26.3 Å². The maximum Gasteiger partial charge on any atom is 0.171 e. The number of anilines is 1. The molecule has 7 heteroatoms. The highest BCUT2D eigenvalue weighted by Crippen LogP contribution is 2.27. The van der Waals surface area contributed by atoms with Gasteiger partial charge in [-0.15, -0.1) is 0 Å². The fourth-order valence-corrected chi connectivity index (χ4v) is 3.00. The first-order chi connectivity index (χ1) is 13.3. The van der Waals surface area contributed by atoms with Gasteiger partial charge in [-0.05, 0) is 12.1 Å². The summed E-state index contributed by atoms with van der Waals surface area (Å²) >= 11 is 0. The number of aliphatic imine (C=N–C) groups is 1. The Morgan fingerprint density at radius 2 is 2.07 bits per heavy atom. The summed E-state index contributed by atoms with van der Waals surface area (Å²) in [6, 6.07) is 3.88. The van der Waals surface area contributed by atoms with Gasteiger partial charge in [0, 0.05) is 42.7 Å². The SMILES string of the molecule is C=C1NC=C(C(=O)C(C)(C)C)C1=N/C(=C\N)c1ccc(N2CCOCC2)nc1. The van der Waals surface area contributed by atoms with Crippen LogP contribution in [0.2, 0.25) is 0 Å². The molecule has 1 aromatic rings. The predicted octanol–water partition coefficient (Wildman–Crippen LogP) is 2.23. The minimum Gasteiger partial charge on any atom is -0.403 e. The first-order valence-corrected chi connectivity index (χ1v) is 9.32. The number of hydrogen-bond acceptors (Lipinski definition) is 7. The summed E-state index contributed by atoms with van der Waals surface area (Å²) in [6.45, 7) is 12.6. The number of nitrogens with two attached hydrogens (primary N) is 1. The summed E-state index contributed by atoms with van der Waals surface area (Å²) in [7, 11) is 0. The van der Waals surface area contributed by atoms with E-state index in [0.29, 0.717) is 35.9 Å². The van der Waals surface area contributed by atoms with Crippen molar-refractivity contribution in [3.8, 4) is 0 Å². The van der Waals surface area contributed by atoms with Crippen LogP contribution in [-0.2, 0) is 9.53 Å². The largest absolute Gasteiger partial charge is 0.403 e. The molecule has 0 bridgehead atoms. The zero-order valence-corrected chi connectivity index (χ0v) is 16.7. The highest BCUT2D eigenvalue weighted by Gasteiger charge is 2.31. The number of ether oxygens (including phenoxy) is 1. The van der Waals surface area contributed by atoms with Gasteiger partial charge < -0.3 is 20.7 Å². The van der Waals surface area contributed by atoms with E-state index in [9.17, 15) is 4.79 Å². The number of ketones is 1. The molecule has 0 amide bonds. The van der Waals surface area contributed by atoms with E-state index < -0.39 is 5.41 Å². The maximum atomic E-state index is 12.7. The molecule has 1 fully saturated rings. The van der Waals surface area contributed by atoms with Crippen LogP contribution in [-0.4, -0.2) is 42.8 Å². The van der Waals surface area contributed by atoms with Crippen molar-refractivity contribution in [2.75, 3.05) is 31.2 Å². The second-order valence-electron chi connectivity index (χ2n) is 7.78. The molecule has 0 atom stereocenters. The molecule has 2 aliphatic heterocycles. The van der Waals surface area contributed by atoms with Crippen molar-refractivity contribution in [3.63, 3.8) is 0 Å². The maximum absolute atomic E-state index is 12.7. The fraction of sp³-hybridized carbons (Fsp3) is 0.381. The van der Waals surface area contributed by atoms with E-state index in [1.54, 1.807) is 12.4 Å². The normalized spacial score (nSPS) is 19.6. The van der Waals surface area contributed by atoms with Crippen LogP contribution >= 0.6 is 0 Å². The molecule has 0 aromatic carbocycles. The summed E-state index contributed by atoms with van der Waals surface area (Å²) in [4.78, 5) is 24.1. The molecule has 1 saturated heterocycles. The average Bonchev–Trinajstić information content (AvgIpc) is 3.05. The Morgan fingerprint density at radius 3 is 2.64 bits per heavy atom. The van der Waals surface area contributed by atoms with Crippen LogP contribution < -0.4 is 16.0 Å². The molecule has 3 N–H and O–H groups in total. The van der Waals surface area contributed by atoms with Crippen molar-refractivity contribution >= 4 is 23.0 Å². The Labute approximate surface area is 165 Å². The first kappa shape index (κ1) is 19.8. The number of aromatic nitrogens is 1. The molecule has 7 nitrogen and oxygen atoms in total. The quantitative estimate of drug-likeness (QED) is 0.831. The summed E-state index contributed by atoms with van der Waals surface area (Å²) in [5, 5.41) is 3.00. The number of Topliss-reactive ketones (excluding diaryl/α,β-unsaturated/α-hetero) is 1. The molecule has 0 aliphatic carbocycles. The molecular formula is C21H27N5O2. The van der Waals surface area contributed by atoms with Crippen LogP contribution in [0.15, 0.2) is 53.6 Å². The lowest BCUT2D eigenvalue weighted by Gasteiger charge is -2.27. The minimum absolute atomic E-state index is 0.00504. The molecule has 2 aliphatic rings. The van der Waals surface area contributed by atoms with Gasteiger partial charge in [-0.25, -0.2) is 9.98 Å². The number of pyridine rings is 1. The molecule has 0 spiro atoms. The summed E-state index contributed by atoms with van der Waals surface area (Å²) in [5.74, 6) is 0.890. The van der Waals surface area contributed by atoms with E-state index in [-0.39, 0.29) is 5.78 Å². The van der Waals surface area contributed by atoms with Crippen LogP contribution in [0, 0.1) is 5.41 Å². The molecule has 1 aromatic heterocycles. The molecule has 0 saturated carbocycles. The highest BCUT2D eigenvalue weighted by atomic mass is 16.5. The smallest absolute Gasteiger partial charge is 0.171 e. The summed E-state index contributed by atoms with van der Waals surface area (Å²) < 4.78 is 5.38. The monoisotopic (exact) mass is 381 g/mol. The molecule has 28 heavy (non-hydrogen) atoms. The standard InChI is InChI=1S/C21H27N5O2/c1-14-19(16(13-23-14)20(27)21(2,3)4)25-17(11-22)15-5-6-18(24-12-15)26-7-9-28-10-8-26/h5-6,11-13,23H,1,7-10,22H2,2-4H3/b17-11-,25-19?. The molecule has 0 radical (unpaired) electrons. The minimum atomic E-state index is -0.521. The van der Waals surface area contributed by atoms with Crippen LogP contribution in [0.3, 0.4) is 0 Å². The van der Waals surface area contributed by atoms with Gasteiger partial charge in [0.15, 0.2) is 5.78 Å². The third-order valence-corrected chi connectivity index (χ3v) is 4.63. The van der Waals surface area contributed by atoms with Crippen molar-refractivity contribution in [1.82, 2.24) is 10.3 Å². The average molecular weight is 381 g/mol. The summed E-state index contributed by atoms with van der Waals surface area (Å²) in [6.07, 6.45) is 4.82. The molecule has 3 heterocycles. The van der Waals surface area contributed by atoms with Gasteiger partial charge in [-0.1, -0.05) is 27.4 Å². The van der Waals surface area contributed by atoms with Crippen molar-refractivity contribution in [3.05, 3.63) is 54.1 Å². The van der Waals surface area contributed by atoms with Gasteiger partial charge in [-0.3, -0.25) is 4.79 Å². The van der Waals surface area contributed by atoms with E-state index in [1.165, 1.54) is 6.20 Å². The number of rotatable bonds is 4. The predicted molar refractivity (Wildman–Crippen MR) is 112 cm³/mol. The number of morpholine rings is 1. The van der Waals surface area contributed by atoms with E-state index in [4.69, 9.17) is 10.5 Å². The Hall–Kier alpha value is -2.93. The number of carbonyl (C=O) groups is 1. The molecule has 0 unspecified atom stereocenters. The molecule has 3 rings (SSSR count). The van der Waals surface area contributed by atoms with Gasteiger partial charge in [0.1, 0.15) is 5.82 Å². The molecule has 148 valence electrons. The van der Waals surface area contributed by atoms with Crippen molar-refractivity contribution in [1.29, 1.82) is 0 Å². The highest BCUT2D eigenvalue weighted by molar-refractivity contribution is 6.31. The van der Waals surface area contributed by atoms with Crippen LogP contribution in [0.5, 0.6) is 0 Å². The number of nitrogens with zero attached hydrogens (tertiary/aromatic N) is 3. The number of carbonyl (C=O) groups excluding carboxylic acids is 1. The van der Waals surface area contributed by atoms with E-state index in [0.717, 1.165) is 24.5 Å². The second kappa shape index (κ2) is 7.98. The van der Waals surface area contributed by atoms with E-state index in [2.05, 4.69) is 26.8 Å². The Balaban J connectivity index is 1.85. The van der Waals surface area contributed by atoms with Crippen molar-refractivity contribution in [2.24, 2.45) is 16.1 Å². The summed E-state index contributed by atoms with van der Waals surface area (Å²) in [5.41, 5.74) is 8.22. The van der Waals surface area contributed by atoms with E-state index >= 15 is 0 Å². The Bertz CT molecular complexity index is 854. The van der Waals surface area contributed by atoms with Gasteiger partial charge in [-0.2, -0.15) is 0 Å². The second-order valence-corrected chi connectivity index (χ2v) is 7.78. The lowest BCUT2D eigenvalue weighted by Crippen LogP contribution is -2.36. The Kier molecular flexibility index (Phi) is 5.65. The van der Waals surface area contributed by atoms with Crippen molar-refractivity contribution in [2.45, 2.75) is 20.8 Å². The van der Waals surface area contributed by atoms with E-state index in [1.807, 2.05) is 32.9 Å². The lowest BCUT2D eigenvalue weighted by molar-refractivity contribution is -0.121. The third-order valence-electron chi connectivity index (χ3n) is 4.63. The number of nitrogens with one attached hydrogen (secondary N) is 1. The third kappa shape index (κ3) is 4.14. The molecular weight excluding hydrogens is 354 g/mol. The lowest BCUT2D eigenvalue weighted by atomic mass is 9.85. The van der Waals surface area contributed by atoms with Crippen LogP contribution in [0.4, 0.5) is 5.82 Å². The van der Waals surface area contributed by atoms with Gasteiger partial charge in [0.25, 0.3) is 0 Å². The topological polar surface area (TPSA) is 92.8 Å². The number of hydrogen-bond donors (Lipinski definition) is 2.